The monoisotopic (exact) mass is 188 g/mol. The van der Waals surface area contributed by atoms with Crippen LogP contribution in [0.5, 0.6) is 0 Å². The molecule has 0 saturated heterocycles. The quantitative estimate of drug-likeness (QED) is 0.644. The minimum Gasteiger partial charge on any atom is -0.0813 e. The van der Waals surface area contributed by atoms with Crippen molar-refractivity contribution in [1.82, 2.24) is 0 Å². The van der Waals surface area contributed by atoms with Crippen LogP contribution in [0.2, 0.25) is 0 Å². The minimum atomic E-state index is 1.11. The fourth-order valence-corrected chi connectivity index (χ4v) is 2.21. The molecule has 0 heteroatoms. The SMILES string of the molecule is CC/C=C(\C)c1c(C)cc(C)cc1C. The van der Waals surface area contributed by atoms with Crippen LogP contribution in [-0.4, -0.2) is 0 Å². The number of aryl methyl sites for hydroxylation is 3. The van der Waals surface area contributed by atoms with Crippen molar-refractivity contribution in [3.05, 3.63) is 40.5 Å². The summed E-state index contributed by atoms with van der Waals surface area (Å²) in [5, 5.41) is 0. The first kappa shape index (κ1) is 11.0. The highest BCUT2D eigenvalue weighted by atomic mass is 14.1. The lowest BCUT2D eigenvalue weighted by molar-refractivity contribution is 1.21. The Morgan fingerprint density at radius 2 is 1.64 bits per heavy atom. The summed E-state index contributed by atoms with van der Waals surface area (Å²) in [4.78, 5) is 0. The van der Waals surface area contributed by atoms with Crippen LogP contribution in [0.1, 0.15) is 42.5 Å². The van der Waals surface area contributed by atoms with Crippen molar-refractivity contribution in [2.75, 3.05) is 0 Å². The van der Waals surface area contributed by atoms with Gasteiger partial charge >= 0.3 is 0 Å². The molecule has 76 valence electrons. The highest BCUT2D eigenvalue weighted by Gasteiger charge is 2.04. The lowest BCUT2D eigenvalue weighted by Gasteiger charge is -2.11. The average molecular weight is 188 g/mol. The fourth-order valence-electron chi connectivity index (χ4n) is 2.21. The minimum absolute atomic E-state index is 1.11. The van der Waals surface area contributed by atoms with Crippen molar-refractivity contribution < 1.29 is 0 Å². The summed E-state index contributed by atoms with van der Waals surface area (Å²) < 4.78 is 0. The van der Waals surface area contributed by atoms with Gasteiger partial charge in [-0.05, 0) is 56.4 Å². The van der Waals surface area contributed by atoms with Crippen molar-refractivity contribution >= 4 is 5.57 Å². The van der Waals surface area contributed by atoms with Crippen LogP contribution in [-0.2, 0) is 0 Å². The molecule has 0 aromatic heterocycles. The smallest absolute Gasteiger partial charge is 0.0172 e. The van der Waals surface area contributed by atoms with E-state index in [0.717, 1.165) is 6.42 Å². The van der Waals surface area contributed by atoms with Crippen molar-refractivity contribution in [2.24, 2.45) is 0 Å². The van der Waals surface area contributed by atoms with Crippen LogP contribution < -0.4 is 0 Å². The molecule has 0 aliphatic rings. The first-order valence-electron chi connectivity index (χ1n) is 5.31. The van der Waals surface area contributed by atoms with E-state index in [0.29, 0.717) is 0 Å². The van der Waals surface area contributed by atoms with Gasteiger partial charge in [-0.25, -0.2) is 0 Å². The van der Waals surface area contributed by atoms with Gasteiger partial charge in [0.1, 0.15) is 0 Å². The van der Waals surface area contributed by atoms with E-state index < -0.39 is 0 Å². The largest absolute Gasteiger partial charge is 0.0813 e. The van der Waals surface area contributed by atoms with Gasteiger partial charge in [0, 0.05) is 0 Å². The van der Waals surface area contributed by atoms with E-state index in [1.165, 1.54) is 27.8 Å². The second kappa shape index (κ2) is 4.45. The maximum atomic E-state index is 2.30. The molecular weight excluding hydrogens is 168 g/mol. The van der Waals surface area contributed by atoms with Gasteiger partial charge in [0.05, 0.1) is 0 Å². The number of hydrogen-bond acceptors (Lipinski definition) is 0. The Morgan fingerprint density at radius 3 is 2.07 bits per heavy atom. The summed E-state index contributed by atoms with van der Waals surface area (Å²) in [5.74, 6) is 0. The van der Waals surface area contributed by atoms with Crippen LogP contribution in [0.3, 0.4) is 0 Å². The number of benzene rings is 1. The molecule has 0 bridgehead atoms. The van der Waals surface area contributed by atoms with Gasteiger partial charge in [0.15, 0.2) is 0 Å². The Labute approximate surface area is 87.7 Å². The van der Waals surface area contributed by atoms with Gasteiger partial charge < -0.3 is 0 Å². The molecule has 0 saturated carbocycles. The van der Waals surface area contributed by atoms with Crippen LogP contribution in [0.25, 0.3) is 5.57 Å². The summed E-state index contributed by atoms with van der Waals surface area (Å²) in [5.41, 5.74) is 6.97. The third-order valence-corrected chi connectivity index (χ3v) is 2.58. The van der Waals surface area contributed by atoms with E-state index in [2.05, 4.69) is 52.8 Å². The van der Waals surface area contributed by atoms with Crippen molar-refractivity contribution in [3.63, 3.8) is 0 Å². The maximum absolute atomic E-state index is 2.30. The molecule has 0 spiro atoms. The van der Waals surface area contributed by atoms with E-state index in [4.69, 9.17) is 0 Å². The molecule has 0 aliphatic carbocycles. The van der Waals surface area contributed by atoms with Gasteiger partial charge in [0.2, 0.25) is 0 Å². The Bertz CT molecular complexity index is 333. The Balaban J connectivity index is 3.27. The highest BCUT2D eigenvalue weighted by Crippen LogP contribution is 2.24. The first-order valence-corrected chi connectivity index (χ1v) is 5.31. The van der Waals surface area contributed by atoms with Crippen molar-refractivity contribution in [2.45, 2.75) is 41.0 Å². The third-order valence-electron chi connectivity index (χ3n) is 2.58. The Hall–Kier alpha value is -1.04. The molecule has 0 atom stereocenters. The summed E-state index contributed by atoms with van der Waals surface area (Å²) in [6.45, 7) is 10.9. The topological polar surface area (TPSA) is 0 Å². The molecule has 0 heterocycles. The molecule has 0 aliphatic heterocycles. The summed E-state index contributed by atoms with van der Waals surface area (Å²) in [6, 6.07) is 4.52. The predicted octanol–water partition coefficient (Wildman–Crippen LogP) is 4.43. The zero-order chi connectivity index (χ0) is 10.7. The summed E-state index contributed by atoms with van der Waals surface area (Å²) >= 11 is 0. The number of allylic oxidation sites excluding steroid dienone is 2. The Kier molecular flexibility index (Phi) is 3.51. The molecule has 1 aromatic rings. The Morgan fingerprint density at radius 1 is 1.14 bits per heavy atom. The predicted molar refractivity (Wildman–Crippen MR) is 64.6 cm³/mol. The number of rotatable bonds is 2. The molecular formula is C14H20. The standard InChI is InChI=1S/C14H20/c1-6-7-11(3)14-12(4)8-10(2)9-13(14)5/h7-9H,6H2,1-5H3/b11-7+. The zero-order valence-corrected chi connectivity index (χ0v) is 9.94. The molecule has 0 nitrogen and oxygen atoms in total. The van der Waals surface area contributed by atoms with E-state index in [-0.39, 0.29) is 0 Å². The van der Waals surface area contributed by atoms with Gasteiger partial charge in [-0.1, -0.05) is 30.7 Å². The van der Waals surface area contributed by atoms with Crippen LogP contribution in [0.15, 0.2) is 18.2 Å². The first-order chi connectivity index (χ1) is 6.56. The molecule has 0 unspecified atom stereocenters. The molecule has 0 amide bonds. The summed E-state index contributed by atoms with van der Waals surface area (Å²) in [7, 11) is 0. The average Bonchev–Trinajstić information content (AvgIpc) is 2.01. The van der Waals surface area contributed by atoms with Gasteiger partial charge in [0.25, 0.3) is 0 Å². The molecule has 14 heavy (non-hydrogen) atoms. The molecule has 1 aromatic carbocycles. The zero-order valence-electron chi connectivity index (χ0n) is 9.94. The van der Waals surface area contributed by atoms with Crippen molar-refractivity contribution in [3.8, 4) is 0 Å². The molecule has 0 N–H and O–H groups in total. The van der Waals surface area contributed by atoms with E-state index in [1.54, 1.807) is 0 Å². The third kappa shape index (κ3) is 2.25. The van der Waals surface area contributed by atoms with E-state index in [1.807, 2.05) is 0 Å². The lowest BCUT2D eigenvalue weighted by Crippen LogP contribution is -1.92. The molecule has 0 fully saturated rings. The van der Waals surface area contributed by atoms with Crippen LogP contribution >= 0.6 is 0 Å². The number of hydrogen-bond donors (Lipinski definition) is 0. The maximum Gasteiger partial charge on any atom is -0.0172 e. The van der Waals surface area contributed by atoms with Crippen LogP contribution in [0.4, 0.5) is 0 Å². The summed E-state index contributed by atoms with van der Waals surface area (Å²) in [6.07, 6.45) is 3.41. The van der Waals surface area contributed by atoms with Gasteiger partial charge in [-0.15, -0.1) is 0 Å². The fraction of sp³-hybridized carbons (Fsp3) is 0.429. The second-order valence-corrected chi connectivity index (χ2v) is 4.07. The van der Waals surface area contributed by atoms with E-state index in [9.17, 15) is 0 Å². The van der Waals surface area contributed by atoms with Crippen LogP contribution in [0, 0.1) is 20.8 Å². The van der Waals surface area contributed by atoms with E-state index >= 15 is 0 Å². The van der Waals surface area contributed by atoms with Gasteiger partial charge in [-0.3, -0.25) is 0 Å². The van der Waals surface area contributed by atoms with Gasteiger partial charge in [-0.2, -0.15) is 0 Å². The highest BCUT2D eigenvalue weighted by molar-refractivity contribution is 5.69. The molecule has 1 rings (SSSR count). The normalized spacial score (nSPS) is 11.9. The molecule has 0 radical (unpaired) electrons. The second-order valence-electron chi connectivity index (χ2n) is 4.07. The van der Waals surface area contributed by atoms with Crippen molar-refractivity contribution in [1.29, 1.82) is 0 Å². The lowest BCUT2D eigenvalue weighted by atomic mass is 9.94.